The Hall–Kier alpha value is -0.810. The molecule has 2 rings (SSSR count). The summed E-state index contributed by atoms with van der Waals surface area (Å²) in [5.41, 5.74) is 0.662. The molecule has 17 heavy (non-hydrogen) atoms. The highest BCUT2D eigenvalue weighted by atomic mass is 79.9. The quantitative estimate of drug-likeness (QED) is 0.786. The Kier molecular flexibility index (Phi) is 3.89. The van der Waals surface area contributed by atoms with E-state index < -0.39 is 0 Å². The average Bonchev–Trinajstić information content (AvgIpc) is 2.67. The van der Waals surface area contributed by atoms with Crippen LogP contribution in [0.3, 0.4) is 0 Å². The molecule has 0 spiro atoms. The topological polar surface area (TPSA) is 42.7 Å². The van der Waals surface area contributed by atoms with Crippen LogP contribution in [0.4, 0.5) is 0 Å². The molecule has 1 aromatic heterocycles. The molecule has 94 valence electrons. The predicted octanol–water partition coefficient (Wildman–Crippen LogP) is 2.13. The van der Waals surface area contributed by atoms with E-state index in [1.54, 1.807) is 6.07 Å². The van der Waals surface area contributed by atoms with Gasteiger partial charge in [-0.3, -0.25) is 4.79 Å². The minimum absolute atomic E-state index is 0.0344. The van der Waals surface area contributed by atoms with Crippen LogP contribution in [0.15, 0.2) is 10.5 Å². The van der Waals surface area contributed by atoms with E-state index in [9.17, 15) is 4.79 Å². The Morgan fingerprint density at radius 3 is 2.94 bits per heavy atom. The molecular weight excluding hydrogens is 286 g/mol. The smallest absolute Gasteiger partial charge is 0.257 e. The summed E-state index contributed by atoms with van der Waals surface area (Å²) in [4.78, 5) is 14.2. The lowest BCUT2D eigenvalue weighted by Gasteiger charge is -2.34. The number of hydrogen-bond acceptors (Lipinski definition) is 3. The third kappa shape index (κ3) is 2.55. The van der Waals surface area contributed by atoms with Crippen molar-refractivity contribution in [2.24, 2.45) is 0 Å². The molecule has 1 atom stereocenters. The first-order valence-corrected chi connectivity index (χ1v) is 6.77. The van der Waals surface area contributed by atoms with Gasteiger partial charge in [0.2, 0.25) is 0 Å². The van der Waals surface area contributed by atoms with Gasteiger partial charge in [-0.15, -0.1) is 0 Å². The molecule has 1 aromatic rings. The zero-order chi connectivity index (χ0) is 12.4. The van der Waals surface area contributed by atoms with Gasteiger partial charge in [0.05, 0.1) is 24.8 Å². The van der Waals surface area contributed by atoms with Crippen LogP contribution in [-0.4, -0.2) is 41.9 Å². The number of hydrogen-bond donors (Lipinski definition) is 0. The van der Waals surface area contributed by atoms with E-state index in [0.717, 1.165) is 11.1 Å². The maximum Gasteiger partial charge on any atom is 0.257 e. The normalized spacial score (nSPS) is 20.6. The molecule has 4 nitrogen and oxygen atoms in total. The maximum absolute atomic E-state index is 12.4. The molecule has 1 unspecified atom stereocenters. The fraction of sp³-hybridized carbons (Fsp3) is 0.583. The van der Waals surface area contributed by atoms with Crippen LogP contribution in [-0.2, 0) is 4.74 Å². The third-order valence-electron chi connectivity index (χ3n) is 2.94. The lowest BCUT2D eigenvalue weighted by Crippen LogP contribution is -2.49. The summed E-state index contributed by atoms with van der Waals surface area (Å²) in [6.45, 7) is 5.51. The molecule has 0 saturated carbocycles. The van der Waals surface area contributed by atoms with Crippen LogP contribution in [0.2, 0.25) is 0 Å². The van der Waals surface area contributed by atoms with E-state index in [-0.39, 0.29) is 11.9 Å². The van der Waals surface area contributed by atoms with Crippen molar-refractivity contribution in [3.05, 3.63) is 23.2 Å². The fourth-order valence-corrected chi connectivity index (χ4v) is 2.58. The minimum Gasteiger partial charge on any atom is -0.466 e. The molecule has 0 bridgehead atoms. The average molecular weight is 302 g/mol. The summed E-state index contributed by atoms with van der Waals surface area (Å²) in [5.74, 6) is 1.49. The predicted molar refractivity (Wildman–Crippen MR) is 67.6 cm³/mol. The maximum atomic E-state index is 12.4. The number of amides is 1. The van der Waals surface area contributed by atoms with Gasteiger partial charge in [0, 0.05) is 11.9 Å². The number of carbonyl (C=O) groups is 1. The van der Waals surface area contributed by atoms with E-state index in [1.807, 2.05) is 18.7 Å². The zero-order valence-corrected chi connectivity index (χ0v) is 11.6. The molecule has 0 aliphatic carbocycles. The van der Waals surface area contributed by atoms with Gasteiger partial charge < -0.3 is 14.1 Å². The van der Waals surface area contributed by atoms with Gasteiger partial charge in [0.15, 0.2) is 0 Å². The molecule has 5 heteroatoms. The Bertz CT molecular complexity index is 416. The Balaban J connectivity index is 2.21. The number of nitrogens with zero attached hydrogens (tertiary/aromatic N) is 1. The molecular formula is C12H16BrNO3. The van der Waals surface area contributed by atoms with Gasteiger partial charge in [0.1, 0.15) is 11.5 Å². The number of morpholine rings is 1. The number of alkyl halides is 1. The van der Waals surface area contributed by atoms with Crippen molar-refractivity contribution in [1.82, 2.24) is 4.90 Å². The van der Waals surface area contributed by atoms with Gasteiger partial charge in [0.25, 0.3) is 5.91 Å². The minimum atomic E-state index is 0.0344. The zero-order valence-electron chi connectivity index (χ0n) is 10.0. The number of furan rings is 1. The van der Waals surface area contributed by atoms with Gasteiger partial charge in [-0.1, -0.05) is 15.9 Å². The van der Waals surface area contributed by atoms with Crippen molar-refractivity contribution < 1.29 is 13.9 Å². The highest BCUT2D eigenvalue weighted by Crippen LogP contribution is 2.19. The second-order valence-corrected chi connectivity index (χ2v) is 4.86. The molecule has 1 fully saturated rings. The Morgan fingerprint density at radius 1 is 1.59 bits per heavy atom. The van der Waals surface area contributed by atoms with Crippen LogP contribution in [0.25, 0.3) is 0 Å². The van der Waals surface area contributed by atoms with E-state index in [0.29, 0.717) is 31.1 Å². The second kappa shape index (κ2) is 5.23. The van der Waals surface area contributed by atoms with Crippen LogP contribution >= 0.6 is 15.9 Å². The summed E-state index contributed by atoms with van der Waals surface area (Å²) in [7, 11) is 0. The molecule has 0 N–H and O–H groups in total. The third-order valence-corrected chi connectivity index (χ3v) is 3.69. The monoisotopic (exact) mass is 301 g/mol. The Morgan fingerprint density at radius 2 is 2.35 bits per heavy atom. The van der Waals surface area contributed by atoms with Crippen LogP contribution in [0.5, 0.6) is 0 Å². The van der Waals surface area contributed by atoms with Crippen LogP contribution in [0, 0.1) is 13.8 Å². The molecule has 0 radical (unpaired) electrons. The first-order chi connectivity index (χ1) is 8.13. The highest BCUT2D eigenvalue weighted by molar-refractivity contribution is 9.09. The molecule has 0 aromatic carbocycles. The highest BCUT2D eigenvalue weighted by Gasteiger charge is 2.29. The summed E-state index contributed by atoms with van der Waals surface area (Å²) in [6, 6.07) is 1.91. The molecule has 1 aliphatic rings. The standard InChI is InChI=1S/C12H16BrNO3/c1-8-5-11(9(2)17-8)12(15)14-3-4-16-7-10(14)6-13/h5,10H,3-4,6-7H2,1-2H3. The lowest BCUT2D eigenvalue weighted by molar-refractivity contribution is 0.00515. The number of ether oxygens (including phenoxy) is 1. The molecule has 1 saturated heterocycles. The van der Waals surface area contributed by atoms with E-state index in [1.165, 1.54) is 0 Å². The van der Waals surface area contributed by atoms with Crippen molar-refractivity contribution >= 4 is 21.8 Å². The van der Waals surface area contributed by atoms with Gasteiger partial charge in [-0.05, 0) is 19.9 Å². The van der Waals surface area contributed by atoms with Crippen molar-refractivity contribution in [2.75, 3.05) is 25.1 Å². The lowest BCUT2D eigenvalue weighted by atomic mass is 10.1. The Labute approximate surface area is 109 Å². The van der Waals surface area contributed by atoms with Crippen molar-refractivity contribution in [3.8, 4) is 0 Å². The molecule has 2 heterocycles. The second-order valence-electron chi connectivity index (χ2n) is 4.21. The number of rotatable bonds is 2. The molecule has 1 aliphatic heterocycles. The van der Waals surface area contributed by atoms with E-state index in [2.05, 4.69) is 15.9 Å². The number of carbonyl (C=O) groups excluding carboxylic acids is 1. The molecule has 1 amide bonds. The van der Waals surface area contributed by atoms with Gasteiger partial charge >= 0.3 is 0 Å². The van der Waals surface area contributed by atoms with Gasteiger partial charge in [-0.25, -0.2) is 0 Å². The van der Waals surface area contributed by atoms with Crippen molar-refractivity contribution in [1.29, 1.82) is 0 Å². The first-order valence-electron chi connectivity index (χ1n) is 5.65. The van der Waals surface area contributed by atoms with Crippen LogP contribution < -0.4 is 0 Å². The summed E-state index contributed by atoms with van der Waals surface area (Å²) >= 11 is 3.42. The van der Waals surface area contributed by atoms with E-state index >= 15 is 0 Å². The summed E-state index contributed by atoms with van der Waals surface area (Å²) in [5, 5.41) is 0.731. The van der Waals surface area contributed by atoms with Gasteiger partial charge in [-0.2, -0.15) is 0 Å². The first kappa shape index (κ1) is 12.6. The largest absolute Gasteiger partial charge is 0.466 e. The van der Waals surface area contributed by atoms with Crippen molar-refractivity contribution in [2.45, 2.75) is 19.9 Å². The van der Waals surface area contributed by atoms with Crippen LogP contribution in [0.1, 0.15) is 21.9 Å². The number of aryl methyl sites for hydroxylation is 2. The number of halogens is 1. The summed E-state index contributed by atoms with van der Waals surface area (Å²) in [6.07, 6.45) is 0. The summed E-state index contributed by atoms with van der Waals surface area (Å²) < 4.78 is 10.8. The SMILES string of the molecule is Cc1cc(C(=O)N2CCOCC2CBr)c(C)o1. The van der Waals surface area contributed by atoms with Crippen molar-refractivity contribution in [3.63, 3.8) is 0 Å². The fourth-order valence-electron chi connectivity index (χ4n) is 2.05. The van der Waals surface area contributed by atoms with E-state index in [4.69, 9.17) is 9.15 Å².